The number of H-pyrrole nitrogens is 1. The van der Waals surface area contributed by atoms with Crippen LogP contribution in [0.4, 0.5) is 17.1 Å². The molecule has 116 valence electrons. The van der Waals surface area contributed by atoms with Gasteiger partial charge in [-0.25, -0.2) is 0 Å². The zero-order valence-corrected chi connectivity index (χ0v) is 12.8. The Kier molecular flexibility index (Phi) is 3.72. The predicted molar refractivity (Wildman–Crippen MR) is 96.0 cm³/mol. The van der Waals surface area contributed by atoms with Gasteiger partial charge in [0.05, 0.1) is 17.4 Å². The van der Waals surface area contributed by atoms with Crippen LogP contribution in [0, 0.1) is 12.3 Å². The highest BCUT2D eigenvalue weighted by molar-refractivity contribution is 5.93. The van der Waals surface area contributed by atoms with Gasteiger partial charge in [-0.1, -0.05) is 24.8 Å². The Morgan fingerprint density at radius 3 is 2.96 bits per heavy atom. The second kappa shape index (κ2) is 5.84. The first-order chi connectivity index (χ1) is 11.1. The Balaban J connectivity index is 1.83. The van der Waals surface area contributed by atoms with Crippen LogP contribution in [0.15, 0.2) is 48.9 Å². The van der Waals surface area contributed by atoms with Crippen LogP contribution >= 0.6 is 0 Å². The van der Waals surface area contributed by atoms with Crippen molar-refractivity contribution < 1.29 is 0 Å². The maximum absolute atomic E-state index is 7.50. The highest BCUT2D eigenvalue weighted by Crippen LogP contribution is 2.26. The van der Waals surface area contributed by atoms with E-state index in [0.29, 0.717) is 11.5 Å². The fourth-order valence-electron chi connectivity index (χ4n) is 2.49. The number of fused-ring (bicyclic) bond motifs is 1. The summed E-state index contributed by atoms with van der Waals surface area (Å²) in [6.07, 6.45) is 3.02. The fraction of sp³-hybridized carbons (Fsp3) is 0.0588. The highest BCUT2D eigenvalue weighted by atomic mass is 15.1. The minimum Gasteiger partial charge on any atom is -0.398 e. The standard InChI is InChI=1S/C17H18N6/c1-10-4-3-5-12(8-18)17(10)22-11(2)21-13-6-15(19)14-9-20-23-16(14)7-13/h3-9,18,21-22H,2,19H2,1H3,(H,20,23). The maximum Gasteiger partial charge on any atom is 0.100 e. The van der Waals surface area contributed by atoms with Crippen LogP contribution in [0.25, 0.3) is 10.9 Å². The van der Waals surface area contributed by atoms with Gasteiger partial charge in [-0.15, -0.1) is 0 Å². The SMILES string of the molecule is C=C(Nc1cc(N)c2cn[nH]c2c1)Nc1c(C)cccc1C=N. The van der Waals surface area contributed by atoms with Crippen molar-refractivity contribution in [1.82, 2.24) is 10.2 Å². The molecule has 6 nitrogen and oxygen atoms in total. The van der Waals surface area contributed by atoms with Gasteiger partial charge in [0.15, 0.2) is 0 Å². The van der Waals surface area contributed by atoms with Crippen LogP contribution < -0.4 is 16.4 Å². The number of para-hydroxylation sites is 1. The molecule has 23 heavy (non-hydrogen) atoms. The summed E-state index contributed by atoms with van der Waals surface area (Å²) in [6, 6.07) is 9.53. The number of nitrogen functional groups attached to an aromatic ring is 1. The number of aromatic amines is 1. The van der Waals surface area contributed by atoms with Crippen LogP contribution in [0.5, 0.6) is 0 Å². The largest absolute Gasteiger partial charge is 0.398 e. The van der Waals surface area contributed by atoms with Gasteiger partial charge in [-0.3, -0.25) is 5.10 Å². The van der Waals surface area contributed by atoms with E-state index in [9.17, 15) is 0 Å². The van der Waals surface area contributed by atoms with E-state index in [2.05, 4.69) is 27.4 Å². The van der Waals surface area contributed by atoms with Crippen molar-refractivity contribution in [3.05, 3.63) is 60.1 Å². The zero-order chi connectivity index (χ0) is 16.4. The Morgan fingerprint density at radius 2 is 2.17 bits per heavy atom. The summed E-state index contributed by atoms with van der Waals surface area (Å²) in [7, 11) is 0. The van der Waals surface area contributed by atoms with Crippen LogP contribution in [-0.4, -0.2) is 16.4 Å². The lowest BCUT2D eigenvalue weighted by Gasteiger charge is -2.16. The van der Waals surface area contributed by atoms with Gasteiger partial charge in [-0.05, 0) is 24.6 Å². The Hall–Kier alpha value is -3.28. The molecule has 0 fully saturated rings. The van der Waals surface area contributed by atoms with Gasteiger partial charge in [0.25, 0.3) is 0 Å². The molecule has 3 rings (SSSR count). The number of aromatic nitrogens is 2. The summed E-state index contributed by atoms with van der Waals surface area (Å²) in [5.74, 6) is 0.598. The van der Waals surface area contributed by atoms with E-state index in [-0.39, 0.29) is 0 Å². The number of nitrogens with one attached hydrogen (secondary N) is 4. The smallest absolute Gasteiger partial charge is 0.100 e. The van der Waals surface area contributed by atoms with Gasteiger partial charge in [0.1, 0.15) is 5.82 Å². The summed E-state index contributed by atoms with van der Waals surface area (Å²) in [5, 5.41) is 21.7. The summed E-state index contributed by atoms with van der Waals surface area (Å²) < 4.78 is 0. The van der Waals surface area contributed by atoms with E-state index in [1.165, 1.54) is 6.21 Å². The first-order valence-corrected chi connectivity index (χ1v) is 7.14. The van der Waals surface area contributed by atoms with Crippen molar-refractivity contribution in [1.29, 1.82) is 5.41 Å². The van der Waals surface area contributed by atoms with E-state index in [0.717, 1.165) is 33.4 Å². The average Bonchev–Trinajstić information content (AvgIpc) is 2.98. The summed E-state index contributed by atoms with van der Waals surface area (Å²) >= 11 is 0. The molecule has 0 aliphatic rings. The van der Waals surface area contributed by atoms with E-state index in [1.54, 1.807) is 6.20 Å². The molecule has 0 saturated carbocycles. The van der Waals surface area contributed by atoms with Gasteiger partial charge in [0, 0.05) is 28.5 Å². The summed E-state index contributed by atoms with van der Waals surface area (Å²) in [5.41, 5.74) is 11.0. The van der Waals surface area contributed by atoms with Crippen LogP contribution in [0.3, 0.4) is 0 Å². The number of anilines is 3. The van der Waals surface area contributed by atoms with E-state index >= 15 is 0 Å². The number of nitrogens with zero attached hydrogens (tertiary/aromatic N) is 1. The lowest BCUT2D eigenvalue weighted by Crippen LogP contribution is -2.10. The molecule has 1 heterocycles. The summed E-state index contributed by atoms with van der Waals surface area (Å²) in [6.45, 7) is 5.98. The molecule has 0 bridgehead atoms. The van der Waals surface area contributed by atoms with Crippen molar-refractivity contribution in [3.8, 4) is 0 Å². The monoisotopic (exact) mass is 306 g/mol. The third kappa shape index (κ3) is 2.87. The molecule has 6 N–H and O–H groups in total. The molecule has 6 heteroatoms. The van der Waals surface area contributed by atoms with Crippen molar-refractivity contribution in [2.24, 2.45) is 0 Å². The predicted octanol–water partition coefficient (Wildman–Crippen LogP) is 3.45. The Labute approximate surface area is 133 Å². The molecule has 0 spiro atoms. The average molecular weight is 306 g/mol. The van der Waals surface area contributed by atoms with E-state index in [1.807, 2.05) is 37.3 Å². The molecule has 0 saturated heterocycles. The second-order valence-corrected chi connectivity index (χ2v) is 5.31. The molecule has 3 aromatic rings. The lowest BCUT2D eigenvalue weighted by atomic mass is 10.1. The first-order valence-electron chi connectivity index (χ1n) is 7.14. The lowest BCUT2D eigenvalue weighted by molar-refractivity contribution is 1.12. The normalized spacial score (nSPS) is 10.5. The molecule has 0 unspecified atom stereocenters. The zero-order valence-electron chi connectivity index (χ0n) is 12.8. The molecular formula is C17H18N6. The molecule has 0 radical (unpaired) electrons. The van der Waals surface area contributed by atoms with Crippen molar-refractivity contribution in [2.45, 2.75) is 6.92 Å². The number of nitrogens with two attached hydrogens (primary N) is 1. The Morgan fingerprint density at radius 1 is 1.35 bits per heavy atom. The van der Waals surface area contributed by atoms with Crippen molar-refractivity contribution in [3.63, 3.8) is 0 Å². The van der Waals surface area contributed by atoms with E-state index in [4.69, 9.17) is 11.1 Å². The minimum atomic E-state index is 0.598. The number of rotatable bonds is 5. The van der Waals surface area contributed by atoms with Gasteiger partial charge < -0.3 is 21.8 Å². The topological polar surface area (TPSA) is 103 Å². The molecular weight excluding hydrogens is 288 g/mol. The number of benzene rings is 2. The van der Waals surface area contributed by atoms with Gasteiger partial charge >= 0.3 is 0 Å². The third-order valence-corrected chi connectivity index (χ3v) is 3.62. The molecule has 0 aliphatic heterocycles. The van der Waals surface area contributed by atoms with E-state index < -0.39 is 0 Å². The fourth-order valence-corrected chi connectivity index (χ4v) is 2.49. The molecule has 0 amide bonds. The second-order valence-electron chi connectivity index (χ2n) is 5.31. The third-order valence-electron chi connectivity index (χ3n) is 3.62. The minimum absolute atomic E-state index is 0.598. The molecule has 0 aliphatic carbocycles. The Bertz CT molecular complexity index is 893. The van der Waals surface area contributed by atoms with Crippen LogP contribution in [-0.2, 0) is 0 Å². The molecule has 0 atom stereocenters. The highest BCUT2D eigenvalue weighted by Gasteiger charge is 2.07. The maximum atomic E-state index is 7.50. The number of hydrogen-bond acceptors (Lipinski definition) is 5. The number of hydrogen-bond donors (Lipinski definition) is 5. The first kappa shape index (κ1) is 14.6. The molecule has 1 aromatic heterocycles. The van der Waals surface area contributed by atoms with Gasteiger partial charge in [-0.2, -0.15) is 5.10 Å². The van der Waals surface area contributed by atoms with Crippen molar-refractivity contribution in [2.75, 3.05) is 16.4 Å². The van der Waals surface area contributed by atoms with Crippen LogP contribution in [0.1, 0.15) is 11.1 Å². The quantitative estimate of drug-likeness (QED) is 0.368. The number of aryl methyl sites for hydroxylation is 1. The van der Waals surface area contributed by atoms with Crippen LogP contribution in [0.2, 0.25) is 0 Å². The summed E-state index contributed by atoms with van der Waals surface area (Å²) in [4.78, 5) is 0. The van der Waals surface area contributed by atoms with Gasteiger partial charge in [0.2, 0.25) is 0 Å². The van der Waals surface area contributed by atoms with Crippen molar-refractivity contribution >= 4 is 34.2 Å². The molecule has 2 aromatic carbocycles.